The van der Waals surface area contributed by atoms with Crippen LogP contribution in [0.4, 0.5) is 8.78 Å². The Bertz CT molecular complexity index is 421. The van der Waals surface area contributed by atoms with Crippen LogP contribution in [0.1, 0.15) is 18.4 Å². The van der Waals surface area contributed by atoms with Gasteiger partial charge in [-0.15, -0.1) is 0 Å². The first kappa shape index (κ1) is 12.1. The SMILES string of the molecule is Fc1cc(F)cc(CN2CCC3(CCNC3)C2)c1. The number of nitrogens with one attached hydrogen (secondary N) is 1. The van der Waals surface area contributed by atoms with Crippen molar-refractivity contribution in [3.63, 3.8) is 0 Å². The van der Waals surface area contributed by atoms with Crippen molar-refractivity contribution in [2.75, 3.05) is 26.2 Å². The average molecular weight is 252 g/mol. The Morgan fingerprint density at radius 3 is 2.61 bits per heavy atom. The van der Waals surface area contributed by atoms with Crippen molar-refractivity contribution in [2.45, 2.75) is 19.4 Å². The van der Waals surface area contributed by atoms with Crippen molar-refractivity contribution in [3.05, 3.63) is 35.4 Å². The van der Waals surface area contributed by atoms with Gasteiger partial charge in [0.05, 0.1) is 0 Å². The molecule has 2 aliphatic heterocycles. The summed E-state index contributed by atoms with van der Waals surface area (Å²) in [6.07, 6.45) is 2.42. The van der Waals surface area contributed by atoms with Gasteiger partial charge in [0.25, 0.3) is 0 Å². The molecule has 2 nitrogen and oxygen atoms in total. The third-order valence-electron chi connectivity index (χ3n) is 4.18. The minimum absolute atomic E-state index is 0.409. The van der Waals surface area contributed by atoms with E-state index in [0.717, 1.165) is 37.8 Å². The number of rotatable bonds is 2. The maximum absolute atomic E-state index is 13.1. The summed E-state index contributed by atoms with van der Waals surface area (Å²) in [4.78, 5) is 2.31. The van der Waals surface area contributed by atoms with Gasteiger partial charge >= 0.3 is 0 Å². The maximum Gasteiger partial charge on any atom is 0.126 e. The van der Waals surface area contributed by atoms with E-state index in [1.807, 2.05) is 0 Å². The van der Waals surface area contributed by atoms with Gasteiger partial charge in [-0.25, -0.2) is 8.78 Å². The second-order valence-electron chi connectivity index (χ2n) is 5.67. The number of benzene rings is 1. The highest BCUT2D eigenvalue weighted by molar-refractivity contribution is 5.18. The fourth-order valence-corrected chi connectivity index (χ4v) is 3.27. The van der Waals surface area contributed by atoms with E-state index in [1.54, 1.807) is 0 Å². The Labute approximate surface area is 106 Å². The normalized spacial score (nSPS) is 28.3. The fraction of sp³-hybridized carbons (Fsp3) is 0.571. The Hall–Kier alpha value is -1.00. The highest BCUT2D eigenvalue weighted by atomic mass is 19.1. The predicted molar refractivity (Wildman–Crippen MR) is 66.2 cm³/mol. The minimum atomic E-state index is -0.485. The first-order chi connectivity index (χ1) is 8.65. The Morgan fingerprint density at radius 1 is 1.17 bits per heavy atom. The van der Waals surface area contributed by atoms with Crippen LogP contribution in [0, 0.1) is 17.0 Å². The topological polar surface area (TPSA) is 15.3 Å². The molecule has 2 heterocycles. The molecule has 2 saturated heterocycles. The summed E-state index contributed by atoms with van der Waals surface area (Å²) >= 11 is 0. The van der Waals surface area contributed by atoms with E-state index in [-0.39, 0.29) is 0 Å². The molecule has 1 atom stereocenters. The van der Waals surface area contributed by atoms with E-state index in [4.69, 9.17) is 0 Å². The molecule has 18 heavy (non-hydrogen) atoms. The van der Waals surface area contributed by atoms with Crippen molar-refractivity contribution >= 4 is 0 Å². The molecule has 1 N–H and O–H groups in total. The van der Waals surface area contributed by atoms with E-state index in [0.29, 0.717) is 12.0 Å². The summed E-state index contributed by atoms with van der Waals surface area (Å²) in [5.41, 5.74) is 1.14. The molecule has 1 unspecified atom stereocenters. The van der Waals surface area contributed by atoms with Gasteiger partial charge in [-0.05, 0) is 49.0 Å². The highest BCUT2D eigenvalue weighted by Crippen LogP contribution is 2.36. The largest absolute Gasteiger partial charge is 0.316 e. The Kier molecular flexibility index (Phi) is 3.08. The highest BCUT2D eigenvalue weighted by Gasteiger charge is 2.39. The summed E-state index contributed by atoms with van der Waals surface area (Å²) < 4.78 is 26.3. The van der Waals surface area contributed by atoms with Crippen LogP contribution < -0.4 is 5.32 Å². The van der Waals surface area contributed by atoms with Crippen LogP contribution in [0.5, 0.6) is 0 Å². The standard InChI is InChI=1S/C14H18F2N2/c15-12-5-11(6-13(16)7-12)8-18-4-2-14(10-18)1-3-17-9-14/h5-7,17H,1-4,8-10H2. The number of hydrogen-bond acceptors (Lipinski definition) is 2. The maximum atomic E-state index is 13.1. The van der Waals surface area contributed by atoms with E-state index in [1.165, 1.54) is 25.0 Å². The Morgan fingerprint density at radius 2 is 1.94 bits per heavy atom. The lowest BCUT2D eigenvalue weighted by atomic mass is 9.86. The zero-order valence-corrected chi connectivity index (χ0v) is 10.4. The van der Waals surface area contributed by atoms with Crippen LogP contribution in [-0.4, -0.2) is 31.1 Å². The lowest BCUT2D eigenvalue weighted by molar-refractivity contribution is 0.268. The van der Waals surface area contributed by atoms with Gasteiger partial charge in [0.2, 0.25) is 0 Å². The molecule has 1 spiro atoms. The summed E-state index contributed by atoms with van der Waals surface area (Å²) in [6, 6.07) is 3.79. The molecule has 2 aliphatic rings. The second kappa shape index (κ2) is 4.59. The molecular weight excluding hydrogens is 234 g/mol. The molecule has 3 rings (SSSR count). The molecule has 98 valence electrons. The lowest BCUT2D eigenvalue weighted by Crippen LogP contribution is -2.29. The van der Waals surface area contributed by atoms with Crippen LogP contribution >= 0.6 is 0 Å². The molecule has 2 fully saturated rings. The Balaban J connectivity index is 1.67. The lowest BCUT2D eigenvalue weighted by Gasteiger charge is -2.22. The molecule has 4 heteroatoms. The molecule has 0 radical (unpaired) electrons. The minimum Gasteiger partial charge on any atom is -0.316 e. The van der Waals surface area contributed by atoms with E-state index in [9.17, 15) is 8.78 Å². The molecule has 0 aromatic heterocycles. The van der Waals surface area contributed by atoms with Gasteiger partial charge in [0.15, 0.2) is 0 Å². The monoisotopic (exact) mass is 252 g/mol. The van der Waals surface area contributed by atoms with Crippen molar-refractivity contribution in [3.8, 4) is 0 Å². The molecule has 0 aliphatic carbocycles. The summed E-state index contributed by atoms with van der Waals surface area (Å²) in [6.45, 7) is 4.90. The number of halogens is 2. The number of likely N-dealkylation sites (tertiary alicyclic amines) is 1. The van der Waals surface area contributed by atoms with Crippen LogP contribution in [-0.2, 0) is 6.54 Å². The van der Waals surface area contributed by atoms with Gasteiger partial charge in [-0.3, -0.25) is 4.90 Å². The first-order valence-electron chi connectivity index (χ1n) is 6.53. The summed E-state index contributed by atoms with van der Waals surface area (Å²) in [7, 11) is 0. The molecular formula is C14H18F2N2. The smallest absolute Gasteiger partial charge is 0.126 e. The second-order valence-corrected chi connectivity index (χ2v) is 5.67. The number of hydrogen-bond donors (Lipinski definition) is 1. The van der Waals surface area contributed by atoms with Gasteiger partial charge in [0, 0.05) is 25.7 Å². The van der Waals surface area contributed by atoms with Crippen LogP contribution in [0.3, 0.4) is 0 Å². The van der Waals surface area contributed by atoms with Gasteiger partial charge in [-0.2, -0.15) is 0 Å². The quantitative estimate of drug-likeness (QED) is 0.867. The van der Waals surface area contributed by atoms with Crippen LogP contribution in [0.2, 0.25) is 0 Å². The van der Waals surface area contributed by atoms with Crippen LogP contribution in [0.25, 0.3) is 0 Å². The van der Waals surface area contributed by atoms with Gasteiger partial charge in [-0.1, -0.05) is 0 Å². The van der Waals surface area contributed by atoms with E-state index in [2.05, 4.69) is 10.2 Å². The average Bonchev–Trinajstić information content (AvgIpc) is 2.89. The zero-order chi connectivity index (χ0) is 12.6. The number of nitrogens with zero attached hydrogens (tertiary/aromatic N) is 1. The summed E-state index contributed by atoms with van der Waals surface area (Å²) in [5.74, 6) is -0.970. The fourth-order valence-electron chi connectivity index (χ4n) is 3.27. The first-order valence-corrected chi connectivity index (χ1v) is 6.53. The molecule has 0 saturated carbocycles. The van der Waals surface area contributed by atoms with Gasteiger partial charge in [0.1, 0.15) is 11.6 Å². The predicted octanol–water partition coefficient (Wildman–Crippen LogP) is 2.15. The third-order valence-corrected chi connectivity index (χ3v) is 4.18. The zero-order valence-electron chi connectivity index (χ0n) is 10.4. The van der Waals surface area contributed by atoms with Gasteiger partial charge < -0.3 is 5.32 Å². The molecule has 1 aromatic carbocycles. The van der Waals surface area contributed by atoms with Crippen molar-refractivity contribution in [1.29, 1.82) is 0 Å². The van der Waals surface area contributed by atoms with Crippen LogP contribution in [0.15, 0.2) is 18.2 Å². The van der Waals surface area contributed by atoms with E-state index >= 15 is 0 Å². The molecule has 1 aromatic rings. The van der Waals surface area contributed by atoms with Crippen molar-refractivity contribution in [2.24, 2.45) is 5.41 Å². The van der Waals surface area contributed by atoms with Crippen molar-refractivity contribution < 1.29 is 8.78 Å². The molecule has 0 amide bonds. The molecule has 0 bridgehead atoms. The third kappa shape index (κ3) is 2.40. The summed E-state index contributed by atoms with van der Waals surface area (Å²) in [5, 5.41) is 3.41. The van der Waals surface area contributed by atoms with E-state index < -0.39 is 11.6 Å². The van der Waals surface area contributed by atoms with Crippen molar-refractivity contribution in [1.82, 2.24) is 10.2 Å².